The molecule has 1 amide bonds. The van der Waals surface area contributed by atoms with E-state index in [1.807, 2.05) is 11.8 Å². The summed E-state index contributed by atoms with van der Waals surface area (Å²) in [5.41, 5.74) is 0. The molecule has 0 radical (unpaired) electrons. The first-order chi connectivity index (χ1) is 9.01. The van der Waals surface area contributed by atoms with Crippen LogP contribution in [0.4, 0.5) is 0 Å². The Morgan fingerprint density at radius 3 is 2.26 bits per heavy atom. The van der Waals surface area contributed by atoms with Gasteiger partial charge in [0, 0.05) is 13.1 Å². The second-order valence-corrected chi connectivity index (χ2v) is 5.73. The van der Waals surface area contributed by atoms with Crippen LogP contribution in [0, 0.1) is 17.8 Å². The van der Waals surface area contributed by atoms with Crippen LogP contribution >= 0.6 is 0 Å². The van der Waals surface area contributed by atoms with Crippen LogP contribution in [0.25, 0.3) is 0 Å². The highest BCUT2D eigenvalue weighted by Crippen LogP contribution is 2.32. The molecule has 4 heteroatoms. The van der Waals surface area contributed by atoms with Gasteiger partial charge in [-0.15, -0.1) is 0 Å². The van der Waals surface area contributed by atoms with Gasteiger partial charge in [0.2, 0.25) is 5.91 Å². The average molecular weight is 269 g/mol. The molecule has 110 valence electrons. The summed E-state index contributed by atoms with van der Waals surface area (Å²) in [6.45, 7) is 7.63. The molecule has 0 heterocycles. The van der Waals surface area contributed by atoms with Gasteiger partial charge in [-0.1, -0.05) is 33.1 Å². The largest absolute Gasteiger partial charge is 0.481 e. The maximum Gasteiger partial charge on any atom is 0.307 e. The summed E-state index contributed by atoms with van der Waals surface area (Å²) >= 11 is 0. The molecular weight excluding hydrogens is 242 g/mol. The molecule has 0 aliphatic heterocycles. The summed E-state index contributed by atoms with van der Waals surface area (Å²) < 4.78 is 0. The van der Waals surface area contributed by atoms with E-state index in [0.717, 1.165) is 32.2 Å². The molecule has 0 aromatic rings. The molecule has 1 N–H and O–H groups in total. The highest BCUT2D eigenvalue weighted by atomic mass is 16.4. The first-order valence-corrected chi connectivity index (χ1v) is 7.52. The van der Waals surface area contributed by atoms with E-state index in [0.29, 0.717) is 18.9 Å². The zero-order valence-electron chi connectivity index (χ0n) is 12.4. The van der Waals surface area contributed by atoms with E-state index in [-0.39, 0.29) is 11.8 Å². The average Bonchev–Trinajstić information content (AvgIpc) is 2.43. The number of carboxylic acid groups (broad SMARTS) is 1. The molecule has 3 atom stereocenters. The SMILES string of the molecule is CCC(C)CN(CC)C(=O)[C@@H]1CCCC[C@@H]1C(=O)O. The minimum Gasteiger partial charge on any atom is -0.481 e. The fraction of sp³-hybridized carbons (Fsp3) is 0.867. The van der Waals surface area contributed by atoms with Crippen molar-refractivity contribution in [3.8, 4) is 0 Å². The Hall–Kier alpha value is -1.06. The van der Waals surface area contributed by atoms with Gasteiger partial charge in [0.1, 0.15) is 0 Å². The van der Waals surface area contributed by atoms with Crippen molar-refractivity contribution in [1.82, 2.24) is 4.90 Å². The number of carbonyl (C=O) groups excluding carboxylic acids is 1. The minimum atomic E-state index is -0.808. The van der Waals surface area contributed by atoms with Crippen molar-refractivity contribution < 1.29 is 14.7 Å². The molecule has 1 unspecified atom stereocenters. The van der Waals surface area contributed by atoms with Crippen molar-refractivity contribution in [3.05, 3.63) is 0 Å². The lowest BCUT2D eigenvalue weighted by Crippen LogP contribution is -2.44. The quantitative estimate of drug-likeness (QED) is 0.806. The fourth-order valence-corrected chi connectivity index (χ4v) is 2.84. The normalized spacial score (nSPS) is 24.8. The van der Waals surface area contributed by atoms with E-state index in [9.17, 15) is 14.7 Å². The Balaban J connectivity index is 2.73. The van der Waals surface area contributed by atoms with Gasteiger partial charge in [-0.25, -0.2) is 0 Å². The number of rotatable bonds is 6. The summed E-state index contributed by atoms with van der Waals surface area (Å²) in [6, 6.07) is 0. The van der Waals surface area contributed by atoms with Crippen LogP contribution in [-0.2, 0) is 9.59 Å². The Morgan fingerprint density at radius 2 is 1.79 bits per heavy atom. The lowest BCUT2D eigenvalue weighted by molar-refractivity contribution is -0.152. The van der Waals surface area contributed by atoms with Crippen LogP contribution in [0.15, 0.2) is 0 Å². The van der Waals surface area contributed by atoms with Gasteiger partial charge >= 0.3 is 5.97 Å². The van der Waals surface area contributed by atoms with Crippen molar-refractivity contribution in [2.75, 3.05) is 13.1 Å². The Kier molecular flexibility index (Phi) is 6.32. The Labute approximate surface area is 116 Å². The predicted molar refractivity (Wildman–Crippen MR) is 74.8 cm³/mol. The van der Waals surface area contributed by atoms with E-state index < -0.39 is 11.9 Å². The monoisotopic (exact) mass is 269 g/mol. The Bertz CT molecular complexity index is 317. The number of carbonyl (C=O) groups is 2. The number of nitrogens with zero attached hydrogens (tertiary/aromatic N) is 1. The third-order valence-corrected chi connectivity index (χ3v) is 4.32. The van der Waals surface area contributed by atoms with Crippen molar-refractivity contribution in [1.29, 1.82) is 0 Å². The molecule has 1 rings (SSSR count). The maximum atomic E-state index is 12.6. The summed E-state index contributed by atoms with van der Waals surface area (Å²) in [7, 11) is 0. The van der Waals surface area contributed by atoms with Gasteiger partial charge in [-0.3, -0.25) is 9.59 Å². The van der Waals surface area contributed by atoms with Crippen LogP contribution in [0.1, 0.15) is 52.9 Å². The van der Waals surface area contributed by atoms with Gasteiger partial charge in [0.25, 0.3) is 0 Å². The molecule has 1 fully saturated rings. The first kappa shape index (κ1) is 16.0. The molecule has 0 bridgehead atoms. The molecule has 19 heavy (non-hydrogen) atoms. The second-order valence-electron chi connectivity index (χ2n) is 5.73. The molecule has 4 nitrogen and oxygen atoms in total. The molecule has 0 spiro atoms. The number of hydrogen-bond donors (Lipinski definition) is 1. The van der Waals surface area contributed by atoms with Gasteiger partial charge < -0.3 is 10.0 Å². The van der Waals surface area contributed by atoms with Crippen LogP contribution in [0.2, 0.25) is 0 Å². The minimum absolute atomic E-state index is 0.0508. The van der Waals surface area contributed by atoms with Crippen molar-refractivity contribution >= 4 is 11.9 Å². The summed E-state index contributed by atoms with van der Waals surface area (Å²) in [6.07, 6.45) is 4.32. The number of hydrogen-bond acceptors (Lipinski definition) is 2. The number of amides is 1. The maximum absolute atomic E-state index is 12.6. The lowest BCUT2D eigenvalue weighted by Gasteiger charge is -2.33. The van der Waals surface area contributed by atoms with Gasteiger partial charge in [-0.05, 0) is 25.7 Å². The molecule has 0 aromatic carbocycles. The van der Waals surface area contributed by atoms with Crippen LogP contribution < -0.4 is 0 Å². The van der Waals surface area contributed by atoms with Crippen LogP contribution in [0.5, 0.6) is 0 Å². The summed E-state index contributed by atoms with van der Waals surface area (Å²) in [5, 5.41) is 9.27. The standard InChI is InChI=1S/C15H27NO3/c1-4-11(3)10-16(5-2)14(17)12-8-6-7-9-13(12)15(18)19/h11-13H,4-10H2,1-3H3,(H,18,19)/t11?,12-,13+/m1/s1. The highest BCUT2D eigenvalue weighted by Gasteiger charge is 2.37. The third kappa shape index (κ3) is 4.22. The smallest absolute Gasteiger partial charge is 0.307 e. The molecule has 1 saturated carbocycles. The zero-order valence-corrected chi connectivity index (χ0v) is 12.4. The topological polar surface area (TPSA) is 57.6 Å². The van der Waals surface area contributed by atoms with E-state index in [2.05, 4.69) is 13.8 Å². The number of aliphatic carboxylic acids is 1. The van der Waals surface area contributed by atoms with Gasteiger partial charge in [0.15, 0.2) is 0 Å². The molecule has 1 aliphatic rings. The fourth-order valence-electron chi connectivity index (χ4n) is 2.84. The van der Waals surface area contributed by atoms with Gasteiger partial charge in [0.05, 0.1) is 11.8 Å². The van der Waals surface area contributed by atoms with Crippen molar-refractivity contribution in [2.45, 2.75) is 52.9 Å². The summed E-state index contributed by atoms with van der Waals surface area (Å²) in [5.74, 6) is -1.08. The van der Waals surface area contributed by atoms with Gasteiger partial charge in [-0.2, -0.15) is 0 Å². The van der Waals surface area contributed by atoms with Crippen LogP contribution in [0.3, 0.4) is 0 Å². The molecule has 1 aliphatic carbocycles. The lowest BCUT2D eigenvalue weighted by atomic mass is 9.78. The first-order valence-electron chi connectivity index (χ1n) is 7.52. The van der Waals surface area contributed by atoms with E-state index in [1.165, 1.54) is 0 Å². The number of carboxylic acids is 1. The third-order valence-electron chi connectivity index (χ3n) is 4.32. The van der Waals surface area contributed by atoms with E-state index in [1.54, 1.807) is 0 Å². The van der Waals surface area contributed by atoms with E-state index in [4.69, 9.17) is 0 Å². The Morgan fingerprint density at radius 1 is 1.21 bits per heavy atom. The highest BCUT2D eigenvalue weighted by molar-refractivity contribution is 5.85. The predicted octanol–water partition coefficient (Wildman–Crippen LogP) is 2.77. The van der Waals surface area contributed by atoms with Crippen LogP contribution in [-0.4, -0.2) is 35.0 Å². The zero-order chi connectivity index (χ0) is 14.4. The molecule has 0 saturated heterocycles. The van der Waals surface area contributed by atoms with Crippen molar-refractivity contribution in [3.63, 3.8) is 0 Å². The second kappa shape index (κ2) is 7.51. The molecular formula is C15H27NO3. The molecule has 0 aromatic heterocycles. The van der Waals surface area contributed by atoms with E-state index >= 15 is 0 Å². The summed E-state index contributed by atoms with van der Waals surface area (Å²) in [4.78, 5) is 25.7. The van der Waals surface area contributed by atoms with Crippen molar-refractivity contribution in [2.24, 2.45) is 17.8 Å².